The van der Waals surface area contributed by atoms with E-state index >= 15 is 0 Å². The number of thiophene rings is 1. The Morgan fingerprint density at radius 3 is 2.90 bits per heavy atom. The van der Waals surface area contributed by atoms with Gasteiger partial charge in [-0.3, -0.25) is 5.32 Å². The van der Waals surface area contributed by atoms with Crippen LogP contribution in [-0.4, -0.2) is 12.6 Å². The Kier molecular flexibility index (Phi) is 5.73. The molecule has 1 aromatic heterocycles. The molecule has 1 atom stereocenters. The largest absolute Gasteiger partial charge is 0.465 e. The summed E-state index contributed by atoms with van der Waals surface area (Å²) in [5.74, 6) is -0.919. The molecule has 0 radical (unpaired) electrons. The van der Waals surface area contributed by atoms with Gasteiger partial charge in [-0.05, 0) is 36.1 Å². The fraction of sp³-hybridized carbons (Fsp3) is 0.267. The van der Waals surface area contributed by atoms with Crippen LogP contribution in [0.3, 0.4) is 0 Å². The SMILES string of the molecule is CCOC(=O)C(NCc1cccs1)c1ccc(F)c(Cl)c1. The Balaban J connectivity index is 2.18. The molecule has 2 aromatic rings. The van der Waals surface area contributed by atoms with E-state index in [1.54, 1.807) is 18.3 Å². The minimum Gasteiger partial charge on any atom is -0.465 e. The third kappa shape index (κ3) is 4.27. The molecule has 0 spiro atoms. The zero-order chi connectivity index (χ0) is 15.2. The van der Waals surface area contributed by atoms with Gasteiger partial charge in [-0.2, -0.15) is 0 Å². The lowest BCUT2D eigenvalue weighted by molar-refractivity contribution is -0.145. The van der Waals surface area contributed by atoms with Crippen molar-refractivity contribution < 1.29 is 13.9 Å². The normalized spacial score (nSPS) is 12.1. The van der Waals surface area contributed by atoms with Crippen molar-refractivity contribution in [3.05, 3.63) is 57.0 Å². The highest BCUT2D eigenvalue weighted by molar-refractivity contribution is 7.09. The maximum Gasteiger partial charge on any atom is 0.327 e. The Morgan fingerprint density at radius 2 is 2.29 bits per heavy atom. The van der Waals surface area contributed by atoms with Gasteiger partial charge in [-0.15, -0.1) is 11.3 Å². The van der Waals surface area contributed by atoms with Crippen molar-refractivity contribution in [3.8, 4) is 0 Å². The first-order valence-corrected chi connectivity index (χ1v) is 7.75. The molecule has 3 nitrogen and oxygen atoms in total. The predicted molar refractivity (Wildman–Crippen MR) is 81.9 cm³/mol. The van der Waals surface area contributed by atoms with Gasteiger partial charge in [0.1, 0.15) is 11.9 Å². The molecule has 112 valence electrons. The van der Waals surface area contributed by atoms with Gasteiger partial charge < -0.3 is 4.74 Å². The smallest absolute Gasteiger partial charge is 0.327 e. The molecule has 0 fully saturated rings. The van der Waals surface area contributed by atoms with Crippen LogP contribution >= 0.6 is 22.9 Å². The van der Waals surface area contributed by atoms with Crippen molar-refractivity contribution >= 4 is 28.9 Å². The zero-order valence-corrected chi connectivity index (χ0v) is 13.0. The maximum absolute atomic E-state index is 13.3. The van der Waals surface area contributed by atoms with Crippen molar-refractivity contribution in [2.24, 2.45) is 0 Å². The molecule has 1 aromatic carbocycles. The number of rotatable bonds is 6. The number of benzene rings is 1. The Bertz CT molecular complexity index is 604. The fourth-order valence-corrected chi connectivity index (χ4v) is 2.72. The van der Waals surface area contributed by atoms with Gasteiger partial charge in [0.05, 0.1) is 11.6 Å². The average Bonchev–Trinajstić information content (AvgIpc) is 2.96. The van der Waals surface area contributed by atoms with Crippen LogP contribution in [0.25, 0.3) is 0 Å². The average molecular weight is 328 g/mol. The Labute approximate surface area is 131 Å². The minimum absolute atomic E-state index is 0.0141. The second-order valence-electron chi connectivity index (χ2n) is 4.32. The van der Waals surface area contributed by atoms with Gasteiger partial charge in [0.2, 0.25) is 0 Å². The zero-order valence-electron chi connectivity index (χ0n) is 11.4. The summed E-state index contributed by atoms with van der Waals surface area (Å²) in [7, 11) is 0. The van der Waals surface area contributed by atoms with Gasteiger partial charge in [-0.1, -0.05) is 23.7 Å². The first kappa shape index (κ1) is 15.9. The molecule has 2 rings (SSSR count). The summed E-state index contributed by atoms with van der Waals surface area (Å²) in [5.41, 5.74) is 0.580. The van der Waals surface area contributed by atoms with Crippen molar-refractivity contribution in [1.29, 1.82) is 0 Å². The van der Waals surface area contributed by atoms with Crippen molar-refractivity contribution in [2.45, 2.75) is 19.5 Å². The molecule has 0 aliphatic rings. The summed E-state index contributed by atoms with van der Waals surface area (Å²) in [5, 5.41) is 5.07. The lowest BCUT2D eigenvalue weighted by atomic mass is 10.1. The monoisotopic (exact) mass is 327 g/mol. The quantitative estimate of drug-likeness (QED) is 0.817. The van der Waals surface area contributed by atoms with Gasteiger partial charge in [-0.25, -0.2) is 9.18 Å². The molecule has 1 heterocycles. The third-order valence-electron chi connectivity index (χ3n) is 2.86. The van der Waals surface area contributed by atoms with E-state index in [1.165, 1.54) is 18.2 Å². The van der Waals surface area contributed by atoms with Gasteiger partial charge in [0.25, 0.3) is 0 Å². The van der Waals surface area contributed by atoms with Crippen LogP contribution < -0.4 is 5.32 Å². The molecule has 0 amide bonds. The lowest BCUT2D eigenvalue weighted by Gasteiger charge is -2.17. The number of nitrogens with one attached hydrogen (secondary N) is 1. The number of carbonyl (C=O) groups excluding carboxylic acids is 1. The summed E-state index contributed by atoms with van der Waals surface area (Å²) in [4.78, 5) is 13.2. The van der Waals surface area contributed by atoms with E-state index in [0.29, 0.717) is 12.1 Å². The highest BCUT2D eigenvalue weighted by Gasteiger charge is 2.22. The van der Waals surface area contributed by atoms with Crippen molar-refractivity contribution in [2.75, 3.05) is 6.61 Å². The summed E-state index contributed by atoms with van der Waals surface area (Å²) < 4.78 is 18.3. The van der Waals surface area contributed by atoms with E-state index in [1.807, 2.05) is 17.5 Å². The van der Waals surface area contributed by atoms with E-state index in [9.17, 15) is 9.18 Å². The minimum atomic E-state index is -0.676. The highest BCUT2D eigenvalue weighted by atomic mass is 35.5. The van der Waals surface area contributed by atoms with Crippen LogP contribution in [0.2, 0.25) is 5.02 Å². The topological polar surface area (TPSA) is 38.3 Å². The molecular formula is C15H15ClFNO2S. The standard InChI is InChI=1S/C15H15ClFNO2S/c1-2-20-15(19)14(18-9-11-4-3-7-21-11)10-5-6-13(17)12(16)8-10/h3-8,14,18H,2,9H2,1H3. The number of esters is 1. The van der Waals surface area contributed by atoms with E-state index in [2.05, 4.69) is 5.32 Å². The summed E-state index contributed by atoms with van der Waals surface area (Å²) in [6, 6.07) is 7.46. The second kappa shape index (κ2) is 7.54. The Hall–Kier alpha value is -1.43. The van der Waals surface area contributed by atoms with Crippen LogP contribution in [-0.2, 0) is 16.1 Å². The van der Waals surface area contributed by atoms with Crippen molar-refractivity contribution in [3.63, 3.8) is 0 Å². The Morgan fingerprint density at radius 1 is 1.48 bits per heavy atom. The van der Waals surface area contributed by atoms with Gasteiger partial charge in [0.15, 0.2) is 0 Å². The molecule has 1 unspecified atom stereocenters. The molecule has 0 saturated carbocycles. The molecule has 0 aliphatic carbocycles. The second-order valence-corrected chi connectivity index (χ2v) is 5.76. The number of ether oxygens (including phenoxy) is 1. The van der Waals surface area contributed by atoms with Crippen molar-refractivity contribution in [1.82, 2.24) is 5.32 Å². The number of carbonyl (C=O) groups is 1. The van der Waals surface area contributed by atoms with Crippen LogP contribution in [0.5, 0.6) is 0 Å². The highest BCUT2D eigenvalue weighted by Crippen LogP contribution is 2.22. The predicted octanol–water partition coefficient (Wildman–Crippen LogP) is 3.93. The van der Waals surface area contributed by atoms with E-state index in [-0.39, 0.29) is 11.6 Å². The first-order valence-electron chi connectivity index (χ1n) is 6.49. The molecule has 21 heavy (non-hydrogen) atoms. The van der Waals surface area contributed by atoms with Crippen LogP contribution in [0.15, 0.2) is 35.7 Å². The number of hydrogen-bond donors (Lipinski definition) is 1. The molecular weight excluding hydrogens is 313 g/mol. The van der Waals surface area contributed by atoms with Crippen LogP contribution in [0, 0.1) is 5.82 Å². The number of halogens is 2. The van der Waals surface area contributed by atoms with E-state index in [0.717, 1.165) is 4.88 Å². The summed E-state index contributed by atoms with van der Waals surface area (Å²) in [6.07, 6.45) is 0. The number of hydrogen-bond acceptors (Lipinski definition) is 4. The van der Waals surface area contributed by atoms with E-state index < -0.39 is 17.8 Å². The fourth-order valence-electron chi connectivity index (χ4n) is 1.87. The lowest BCUT2D eigenvalue weighted by Crippen LogP contribution is -2.29. The molecule has 6 heteroatoms. The first-order chi connectivity index (χ1) is 10.1. The molecule has 0 bridgehead atoms. The third-order valence-corrected chi connectivity index (χ3v) is 4.03. The molecule has 1 N–H and O–H groups in total. The summed E-state index contributed by atoms with van der Waals surface area (Å²) >= 11 is 7.38. The summed E-state index contributed by atoms with van der Waals surface area (Å²) in [6.45, 7) is 2.55. The van der Waals surface area contributed by atoms with Crippen LogP contribution in [0.1, 0.15) is 23.4 Å². The maximum atomic E-state index is 13.3. The van der Waals surface area contributed by atoms with E-state index in [4.69, 9.17) is 16.3 Å². The molecule has 0 aliphatic heterocycles. The van der Waals surface area contributed by atoms with Crippen LogP contribution in [0.4, 0.5) is 4.39 Å². The van der Waals surface area contributed by atoms with Gasteiger partial charge >= 0.3 is 5.97 Å². The molecule has 0 saturated heterocycles. The van der Waals surface area contributed by atoms with Gasteiger partial charge in [0, 0.05) is 11.4 Å².